The van der Waals surface area contributed by atoms with Crippen LogP contribution in [0.5, 0.6) is 0 Å². The number of carbonyl (C=O) groups excluding carboxylic acids is 1. The zero-order valence-corrected chi connectivity index (χ0v) is 13.2. The van der Waals surface area contributed by atoms with Gasteiger partial charge in [-0.1, -0.05) is 11.6 Å². The maximum Gasteiger partial charge on any atom is 0.308 e. The Labute approximate surface area is 132 Å². The normalized spacial score (nSPS) is 27.1. The Morgan fingerprint density at radius 3 is 2.76 bits per heavy atom. The van der Waals surface area contributed by atoms with Gasteiger partial charge in [0.1, 0.15) is 0 Å². The number of hydrogen-bond acceptors (Lipinski definition) is 3. The van der Waals surface area contributed by atoms with Gasteiger partial charge in [-0.25, -0.2) is 0 Å². The standard InChI is InChI=1S/C15H16ClNO3S/c1-21-9-3-4-12(16)10(7-9)14(18)17-8-2-5-13(17)11(6-8)15(19)20/h3-4,7-8,11,13H,2,5-6H2,1H3,(H,19,20). The number of rotatable bonds is 3. The third-order valence-corrected chi connectivity index (χ3v) is 5.55. The highest BCUT2D eigenvalue weighted by Gasteiger charge is 2.51. The molecule has 0 spiro atoms. The van der Waals surface area contributed by atoms with E-state index < -0.39 is 11.9 Å². The van der Waals surface area contributed by atoms with Gasteiger partial charge in [-0.3, -0.25) is 9.59 Å². The van der Waals surface area contributed by atoms with E-state index in [4.69, 9.17) is 11.6 Å². The van der Waals surface area contributed by atoms with Crippen LogP contribution in [0, 0.1) is 5.92 Å². The summed E-state index contributed by atoms with van der Waals surface area (Å²) in [6.45, 7) is 0. The number of aliphatic carboxylic acids is 1. The first kappa shape index (κ1) is 14.7. The molecule has 2 aliphatic rings. The summed E-state index contributed by atoms with van der Waals surface area (Å²) in [6, 6.07) is 5.25. The van der Waals surface area contributed by atoms with Crippen molar-refractivity contribution in [3.63, 3.8) is 0 Å². The van der Waals surface area contributed by atoms with Crippen LogP contribution in [0.1, 0.15) is 29.6 Å². The molecule has 0 radical (unpaired) electrons. The maximum absolute atomic E-state index is 12.8. The predicted octanol–water partition coefficient (Wildman–Crippen LogP) is 3.14. The number of thioether (sulfide) groups is 1. The second kappa shape index (κ2) is 5.54. The monoisotopic (exact) mass is 325 g/mol. The van der Waals surface area contributed by atoms with E-state index in [9.17, 15) is 14.7 Å². The number of halogens is 1. The molecule has 1 aromatic rings. The molecule has 2 saturated heterocycles. The Morgan fingerprint density at radius 2 is 2.14 bits per heavy atom. The van der Waals surface area contributed by atoms with Gasteiger partial charge in [-0.05, 0) is 43.7 Å². The molecule has 2 fully saturated rings. The fourth-order valence-corrected chi connectivity index (χ4v) is 4.14. The molecule has 0 aliphatic carbocycles. The second-order valence-corrected chi connectivity index (χ2v) is 6.82. The number of carboxylic acids is 1. The largest absolute Gasteiger partial charge is 0.481 e. The molecule has 6 heteroatoms. The highest BCUT2D eigenvalue weighted by atomic mass is 35.5. The number of benzene rings is 1. The molecule has 112 valence electrons. The highest BCUT2D eigenvalue weighted by molar-refractivity contribution is 7.98. The average molecular weight is 326 g/mol. The van der Waals surface area contributed by atoms with E-state index in [-0.39, 0.29) is 18.0 Å². The summed E-state index contributed by atoms with van der Waals surface area (Å²) in [5, 5.41) is 9.70. The summed E-state index contributed by atoms with van der Waals surface area (Å²) in [5.41, 5.74) is 0.478. The molecule has 0 saturated carbocycles. The van der Waals surface area contributed by atoms with Crippen molar-refractivity contribution in [2.24, 2.45) is 5.92 Å². The minimum absolute atomic E-state index is 0.0394. The molecule has 4 nitrogen and oxygen atoms in total. The van der Waals surface area contributed by atoms with Gasteiger partial charge >= 0.3 is 5.97 Å². The van der Waals surface area contributed by atoms with Crippen molar-refractivity contribution in [1.82, 2.24) is 4.90 Å². The molecule has 2 bridgehead atoms. The third kappa shape index (κ3) is 2.42. The van der Waals surface area contributed by atoms with Crippen molar-refractivity contribution in [2.75, 3.05) is 6.26 Å². The van der Waals surface area contributed by atoms with Gasteiger partial charge in [0.25, 0.3) is 5.91 Å². The van der Waals surface area contributed by atoms with Crippen LogP contribution >= 0.6 is 23.4 Å². The molecule has 1 aromatic carbocycles. The second-order valence-electron chi connectivity index (χ2n) is 5.54. The van der Waals surface area contributed by atoms with E-state index in [0.717, 1.165) is 17.7 Å². The molecule has 1 amide bonds. The Bertz CT molecular complexity index is 607. The van der Waals surface area contributed by atoms with Crippen molar-refractivity contribution >= 4 is 35.2 Å². The van der Waals surface area contributed by atoms with Gasteiger partial charge in [-0.2, -0.15) is 0 Å². The predicted molar refractivity (Wildman–Crippen MR) is 82.0 cm³/mol. The van der Waals surface area contributed by atoms with E-state index in [2.05, 4.69) is 0 Å². The summed E-state index contributed by atoms with van der Waals surface area (Å²) in [4.78, 5) is 26.8. The average Bonchev–Trinajstić information content (AvgIpc) is 3.04. The minimum Gasteiger partial charge on any atom is -0.481 e. The van der Waals surface area contributed by atoms with Gasteiger partial charge in [0.05, 0.1) is 16.5 Å². The number of hydrogen-bond donors (Lipinski definition) is 1. The van der Waals surface area contributed by atoms with Crippen LogP contribution in [0.25, 0.3) is 0 Å². The topological polar surface area (TPSA) is 57.6 Å². The van der Waals surface area contributed by atoms with E-state index in [0.29, 0.717) is 17.0 Å². The molecule has 21 heavy (non-hydrogen) atoms. The lowest BCUT2D eigenvalue weighted by molar-refractivity contribution is -0.142. The Kier molecular flexibility index (Phi) is 3.88. The van der Waals surface area contributed by atoms with Crippen molar-refractivity contribution in [3.8, 4) is 0 Å². The molecule has 2 heterocycles. The zero-order chi connectivity index (χ0) is 15.1. The van der Waals surface area contributed by atoms with Crippen LogP contribution in [0.3, 0.4) is 0 Å². The third-order valence-electron chi connectivity index (χ3n) is 4.49. The summed E-state index contributed by atoms with van der Waals surface area (Å²) in [5.74, 6) is -1.37. The number of fused-ring (bicyclic) bond motifs is 2. The zero-order valence-electron chi connectivity index (χ0n) is 11.6. The van der Waals surface area contributed by atoms with Crippen molar-refractivity contribution in [1.29, 1.82) is 0 Å². The van der Waals surface area contributed by atoms with Crippen molar-refractivity contribution in [3.05, 3.63) is 28.8 Å². The lowest BCUT2D eigenvalue weighted by Gasteiger charge is -2.23. The summed E-state index contributed by atoms with van der Waals surface area (Å²) < 4.78 is 0. The quantitative estimate of drug-likeness (QED) is 0.867. The van der Waals surface area contributed by atoms with Gasteiger partial charge in [0.2, 0.25) is 0 Å². The Hall–Kier alpha value is -1.20. The molecule has 3 atom stereocenters. The van der Waals surface area contributed by atoms with Crippen LogP contribution in [-0.2, 0) is 4.79 Å². The van der Waals surface area contributed by atoms with Crippen LogP contribution in [-0.4, -0.2) is 40.2 Å². The van der Waals surface area contributed by atoms with E-state index in [1.807, 2.05) is 12.3 Å². The van der Waals surface area contributed by atoms with Crippen LogP contribution in [0.4, 0.5) is 0 Å². The Balaban J connectivity index is 1.91. The summed E-state index contributed by atoms with van der Waals surface area (Å²) in [7, 11) is 0. The maximum atomic E-state index is 12.8. The molecule has 1 N–H and O–H groups in total. The molecule has 3 unspecified atom stereocenters. The first-order chi connectivity index (χ1) is 10.0. The van der Waals surface area contributed by atoms with E-state index in [1.165, 1.54) is 0 Å². The first-order valence-corrected chi connectivity index (χ1v) is 8.52. The van der Waals surface area contributed by atoms with Crippen LogP contribution < -0.4 is 0 Å². The number of nitrogens with zero attached hydrogens (tertiary/aromatic N) is 1. The smallest absolute Gasteiger partial charge is 0.308 e. The fraction of sp³-hybridized carbons (Fsp3) is 0.467. The highest BCUT2D eigenvalue weighted by Crippen LogP contribution is 2.43. The first-order valence-electron chi connectivity index (χ1n) is 6.92. The molecular formula is C15H16ClNO3S. The SMILES string of the molecule is CSc1ccc(Cl)c(C(=O)N2C3CCC2C(C(=O)O)C3)c1. The van der Waals surface area contributed by atoms with Gasteiger partial charge in [-0.15, -0.1) is 11.8 Å². The molecule has 0 aromatic heterocycles. The van der Waals surface area contributed by atoms with Gasteiger partial charge in [0, 0.05) is 17.0 Å². The molecular weight excluding hydrogens is 310 g/mol. The lowest BCUT2D eigenvalue weighted by Crippen LogP contribution is -2.38. The number of carboxylic acid groups (broad SMARTS) is 1. The van der Waals surface area contributed by atoms with Crippen LogP contribution in [0.2, 0.25) is 5.02 Å². The van der Waals surface area contributed by atoms with Crippen molar-refractivity contribution in [2.45, 2.75) is 36.2 Å². The number of carbonyl (C=O) groups is 2. The van der Waals surface area contributed by atoms with E-state index >= 15 is 0 Å². The molecule has 2 aliphatic heterocycles. The summed E-state index contributed by atoms with van der Waals surface area (Å²) in [6.07, 6.45) is 4.16. The fourth-order valence-electron chi connectivity index (χ4n) is 3.50. The lowest BCUT2D eigenvalue weighted by atomic mass is 9.89. The summed E-state index contributed by atoms with van der Waals surface area (Å²) >= 11 is 7.72. The van der Waals surface area contributed by atoms with Crippen molar-refractivity contribution < 1.29 is 14.7 Å². The minimum atomic E-state index is -0.802. The van der Waals surface area contributed by atoms with E-state index in [1.54, 1.807) is 28.8 Å². The molecule has 3 rings (SSSR count). The van der Waals surface area contributed by atoms with Gasteiger partial charge in [0.15, 0.2) is 0 Å². The van der Waals surface area contributed by atoms with Gasteiger partial charge < -0.3 is 10.0 Å². The van der Waals surface area contributed by atoms with Crippen LogP contribution in [0.15, 0.2) is 23.1 Å². The Morgan fingerprint density at radius 1 is 1.38 bits per heavy atom. The number of amides is 1.